The van der Waals surface area contributed by atoms with Gasteiger partial charge < -0.3 is 9.13 Å². The van der Waals surface area contributed by atoms with Crippen molar-refractivity contribution in [2.24, 2.45) is 0 Å². The van der Waals surface area contributed by atoms with Gasteiger partial charge in [0.1, 0.15) is 0 Å². The van der Waals surface area contributed by atoms with Gasteiger partial charge in [0.2, 0.25) is 0 Å². The fourth-order valence-corrected chi connectivity index (χ4v) is 15.1. The highest BCUT2D eigenvalue weighted by atomic mass is 28.3. The molecular weight excluding hydrogens is 777 g/mol. The molecule has 12 aromatic rings. The van der Waals surface area contributed by atoms with Gasteiger partial charge in [-0.25, -0.2) is 0 Å². The van der Waals surface area contributed by atoms with Crippen LogP contribution in [0.1, 0.15) is 0 Å². The van der Waals surface area contributed by atoms with Crippen LogP contribution in [0.25, 0.3) is 77.2 Å². The van der Waals surface area contributed by atoms with Crippen LogP contribution in [0.15, 0.2) is 255 Å². The molecule has 0 atom stereocenters. The third-order valence-electron chi connectivity index (χ3n) is 13.1. The standard InChI is InChI=1S/C60H42N2Si/c1-6-20-43(21-7-1)44-36-38-46(39-37-44)61-57-34-18-31-51(45-22-8-2-9-23-45)59(57)53-32-19-35-58(60(53)61)62-55-33-17-16-30-52(55)54-42-50(40-41-56(54)62)63(47-24-10-3-11-25-47,48-26-12-4-13-27-48)49-28-14-5-15-29-49/h1-42H. The number of nitrogens with zero attached hydrogens (tertiary/aromatic N) is 2. The van der Waals surface area contributed by atoms with Crippen molar-refractivity contribution in [2.75, 3.05) is 0 Å². The average molecular weight is 819 g/mol. The Morgan fingerprint density at radius 2 is 0.778 bits per heavy atom. The lowest BCUT2D eigenvalue weighted by atomic mass is 9.99. The Labute approximate surface area is 368 Å². The number of rotatable bonds is 8. The Hall–Kier alpha value is -7.98. The molecule has 0 aliphatic carbocycles. The van der Waals surface area contributed by atoms with Crippen LogP contribution >= 0.6 is 0 Å². The van der Waals surface area contributed by atoms with E-state index in [1.165, 1.54) is 86.6 Å². The number of fused-ring (bicyclic) bond motifs is 6. The van der Waals surface area contributed by atoms with Crippen LogP contribution in [0.2, 0.25) is 0 Å². The predicted molar refractivity (Wildman–Crippen MR) is 270 cm³/mol. The minimum absolute atomic E-state index is 1.12. The fourth-order valence-electron chi connectivity index (χ4n) is 10.4. The van der Waals surface area contributed by atoms with Gasteiger partial charge in [-0.2, -0.15) is 0 Å². The Morgan fingerprint density at radius 3 is 1.41 bits per heavy atom. The zero-order chi connectivity index (χ0) is 41.7. The smallest absolute Gasteiger partial charge is 0.179 e. The van der Waals surface area contributed by atoms with Gasteiger partial charge in [0.05, 0.1) is 27.8 Å². The minimum Gasteiger partial charge on any atom is -0.307 e. The molecule has 0 radical (unpaired) electrons. The molecule has 0 spiro atoms. The second kappa shape index (κ2) is 15.2. The molecule has 0 aliphatic heterocycles. The van der Waals surface area contributed by atoms with Crippen LogP contribution in [0.3, 0.4) is 0 Å². The maximum Gasteiger partial charge on any atom is 0.179 e. The van der Waals surface area contributed by atoms with Crippen molar-refractivity contribution < 1.29 is 0 Å². The fraction of sp³-hybridized carbons (Fsp3) is 0. The lowest BCUT2D eigenvalue weighted by molar-refractivity contribution is 1.13. The molecule has 12 rings (SSSR count). The van der Waals surface area contributed by atoms with Crippen molar-refractivity contribution in [3.63, 3.8) is 0 Å². The molecule has 10 aromatic carbocycles. The van der Waals surface area contributed by atoms with E-state index in [0.717, 1.165) is 11.4 Å². The summed E-state index contributed by atoms with van der Waals surface area (Å²) < 4.78 is 5.01. The van der Waals surface area contributed by atoms with E-state index in [9.17, 15) is 0 Å². The molecule has 0 unspecified atom stereocenters. The van der Waals surface area contributed by atoms with Crippen LogP contribution in [0.5, 0.6) is 0 Å². The summed E-state index contributed by atoms with van der Waals surface area (Å²) in [6.07, 6.45) is 0. The van der Waals surface area contributed by atoms with Crippen molar-refractivity contribution in [1.82, 2.24) is 9.13 Å². The van der Waals surface area contributed by atoms with Gasteiger partial charge in [-0.3, -0.25) is 0 Å². The van der Waals surface area contributed by atoms with Crippen molar-refractivity contribution >= 4 is 72.4 Å². The summed E-state index contributed by atoms with van der Waals surface area (Å²) >= 11 is 0. The lowest BCUT2D eigenvalue weighted by Gasteiger charge is -2.34. The SMILES string of the molecule is c1ccc(-c2ccc(-n3c4cccc(-c5ccccc5)c4c4cccc(-n5c6ccccc6c6cc([Si](c7ccccc7)(c7ccccc7)c7ccccc7)ccc65)c43)cc2)cc1. The molecule has 2 nitrogen and oxygen atoms in total. The predicted octanol–water partition coefficient (Wildman–Crippen LogP) is 12.6. The summed E-state index contributed by atoms with van der Waals surface area (Å²) in [6, 6.07) is 94.2. The first-order valence-corrected chi connectivity index (χ1v) is 23.8. The molecule has 0 N–H and O–H groups in total. The van der Waals surface area contributed by atoms with Crippen molar-refractivity contribution in [3.8, 4) is 33.6 Å². The molecule has 3 heteroatoms. The first-order valence-electron chi connectivity index (χ1n) is 21.8. The van der Waals surface area contributed by atoms with Crippen LogP contribution in [-0.4, -0.2) is 17.2 Å². The molecule has 0 saturated heterocycles. The zero-order valence-corrected chi connectivity index (χ0v) is 35.6. The number of hydrogen-bond acceptors (Lipinski definition) is 0. The largest absolute Gasteiger partial charge is 0.307 e. The number of hydrogen-bond donors (Lipinski definition) is 0. The van der Waals surface area contributed by atoms with Crippen LogP contribution in [0.4, 0.5) is 0 Å². The average Bonchev–Trinajstić information content (AvgIpc) is 3.89. The van der Waals surface area contributed by atoms with E-state index in [1.54, 1.807) is 0 Å². The molecular formula is C60H42N2Si. The normalized spacial score (nSPS) is 11.8. The zero-order valence-electron chi connectivity index (χ0n) is 34.6. The maximum absolute atomic E-state index is 2.77. The Kier molecular flexibility index (Phi) is 8.87. The van der Waals surface area contributed by atoms with Crippen molar-refractivity contribution in [2.45, 2.75) is 0 Å². The van der Waals surface area contributed by atoms with Crippen molar-refractivity contribution in [1.29, 1.82) is 0 Å². The topological polar surface area (TPSA) is 9.86 Å². The molecule has 0 saturated carbocycles. The van der Waals surface area contributed by atoms with E-state index in [1.807, 2.05) is 0 Å². The summed E-state index contributed by atoms with van der Waals surface area (Å²) in [5, 5.41) is 10.4. The minimum atomic E-state index is -2.77. The van der Waals surface area contributed by atoms with E-state index in [4.69, 9.17) is 0 Å². The number of para-hydroxylation sites is 2. The third-order valence-corrected chi connectivity index (χ3v) is 17.9. The summed E-state index contributed by atoms with van der Waals surface area (Å²) in [5.41, 5.74) is 11.8. The summed E-state index contributed by atoms with van der Waals surface area (Å²) in [7, 11) is -2.77. The summed E-state index contributed by atoms with van der Waals surface area (Å²) in [4.78, 5) is 0. The monoisotopic (exact) mass is 818 g/mol. The van der Waals surface area contributed by atoms with Crippen molar-refractivity contribution in [3.05, 3.63) is 255 Å². The van der Waals surface area contributed by atoms with Crippen LogP contribution < -0.4 is 20.7 Å². The Bertz CT molecular complexity index is 3480. The highest BCUT2D eigenvalue weighted by Crippen LogP contribution is 2.43. The van der Waals surface area contributed by atoms with Gasteiger partial charge in [-0.05, 0) is 79.4 Å². The maximum atomic E-state index is 2.53. The van der Waals surface area contributed by atoms with Gasteiger partial charge in [0.25, 0.3) is 0 Å². The summed E-state index contributed by atoms with van der Waals surface area (Å²) in [6.45, 7) is 0. The lowest BCUT2D eigenvalue weighted by Crippen LogP contribution is -2.74. The molecule has 0 aliphatic rings. The van der Waals surface area contributed by atoms with E-state index in [0.29, 0.717) is 0 Å². The molecule has 0 fully saturated rings. The van der Waals surface area contributed by atoms with Gasteiger partial charge >= 0.3 is 0 Å². The highest BCUT2D eigenvalue weighted by Gasteiger charge is 2.41. The van der Waals surface area contributed by atoms with E-state index in [2.05, 4.69) is 264 Å². The van der Waals surface area contributed by atoms with Gasteiger partial charge in [-0.15, -0.1) is 0 Å². The molecule has 0 bridgehead atoms. The van der Waals surface area contributed by atoms with Crippen LogP contribution in [-0.2, 0) is 0 Å². The molecule has 2 aromatic heterocycles. The van der Waals surface area contributed by atoms with Crippen LogP contribution in [0, 0.1) is 0 Å². The molecule has 2 heterocycles. The highest BCUT2D eigenvalue weighted by molar-refractivity contribution is 7.20. The second-order valence-electron chi connectivity index (χ2n) is 16.4. The first-order chi connectivity index (χ1) is 31.3. The van der Waals surface area contributed by atoms with Gasteiger partial charge in [0, 0.05) is 27.2 Å². The summed E-state index contributed by atoms with van der Waals surface area (Å²) in [5.74, 6) is 0. The number of benzene rings is 10. The molecule has 296 valence electrons. The third kappa shape index (κ3) is 5.85. The first kappa shape index (κ1) is 36.8. The van der Waals surface area contributed by atoms with Gasteiger partial charge in [-0.1, -0.05) is 218 Å². The van der Waals surface area contributed by atoms with E-state index < -0.39 is 8.07 Å². The number of aromatic nitrogens is 2. The molecule has 63 heavy (non-hydrogen) atoms. The Morgan fingerprint density at radius 1 is 0.286 bits per heavy atom. The quantitative estimate of drug-likeness (QED) is 0.107. The van der Waals surface area contributed by atoms with E-state index >= 15 is 0 Å². The van der Waals surface area contributed by atoms with Gasteiger partial charge in [0.15, 0.2) is 8.07 Å². The molecule has 0 amide bonds. The van der Waals surface area contributed by atoms with E-state index in [-0.39, 0.29) is 0 Å². The Balaban J connectivity index is 1.16. The second-order valence-corrected chi connectivity index (χ2v) is 20.2.